The Balaban J connectivity index is 1.47. The molecule has 2 heterocycles. The van der Waals surface area contributed by atoms with Crippen molar-refractivity contribution in [1.82, 2.24) is 5.32 Å². The number of benzene rings is 2. The molecule has 2 aromatic carbocycles. The van der Waals surface area contributed by atoms with E-state index in [1.54, 1.807) is 18.2 Å². The van der Waals surface area contributed by atoms with Gasteiger partial charge in [-0.05, 0) is 55.2 Å². The van der Waals surface area contributed by atoms with Crippen molar-refractivity contribution in [1.29, 1.82) is 0 Å². The van der Waals surface area contributed by atoms with Gasteiger partial charge in [0.05, 0.1) is 18.3 Å². The number of halogens is 1. The fourth-order valence-corrected chi connectivity index (χ4v) is 4.34. The number of ether oxygens (including phenoxy) is 2. The van der Waals surface area contributed by atoms with Crippen LogP contribution in [-0.2, 0) is 15.9 Å². The summed E-state index contributed by atoms with van der Waals surface area (Å²) in [6.07, 6.45) is 3.42. The van der Waals surface area contributed by atoms with E-state index in [-0.39, 0.29) is 23.5 Å². The van der Waals surface area contributed by atoms with Crippen molar-refractivity contribution in [3.63, 3.8) is 0 Å². The molecule has 33 heavy (non-hydrogen) atoms. The minimum Gasteiger partial charge on any atom is -0.507 e. The number of aliphatic hydroxyl groups excluding tert-OH is 1. The number of carbonyl (C=O) groups excluding carboxylic acids is 2. The molecule has 0 spiro atoms. The highest BCUT2D eigenvalue weighted by Gasteiger charge is 2.34. The first-order valence-electron chi connectivity index (χ1n) is 11.0. The Morgan fingerprint density at radius 2 is 1.88 bits per heavy atom. The minimum absolute atomic E-state index is 0.109. The lowest BCUT2D eigenvalue weighted by molar-refractivity contribution is -0.109. The van der Waals surface area contributed by atoms with Crippen molar-refractivity contribution in [2.75, 3.05) is 0 Å². The van der Waals surface area contributed by atoms with Crippen LogP contribution < -0.4 is 5.32 Å². The molecule has 3 N–H and O–H groups in total. The number of aromatic hydroxyl groups is 1. The zero-order valence-corrected chi connectivity index (χ0v) is 17.9. The van der Waals surface area contributed by atoms with Crippen LogP contribution in [0.3, 0.4) is 0 Å². The van der Waals surface area contributed by atoms with Gasteiger partial charge in [-0.1, -0.05) is 18.2 Å². The standard InChI is InChI=1S/C25H26FNO6/c26-17-8-6-15(7-9-17)24(30)27-10-2-4-19-14-21-13-18(28)12-20(32-21)11-16-3-1-5-22(29)23(16)25(31)33-19/h1-3,5-10,18-21,28-29H,4,11-14H2,(H,27,30)/b10-2+/t18-,19+,20+,21-/m1/s1. The molecule has 174 valence electrons. The Kier molecular flexibility index (Phi) is 7.05. The second-order valence-electron chi connectivity index (χ2n) is 8.40. The molecule has 0 radical (unpaired) electrons. The molecule has 0 unspecified atom stereocenters. The van der Waals surface area contributed by atoms with Gasteiger partial charge in [0.2, 0.25) is 0 Å². The molecule has 8 heteroatoms. The largest absolute Gasteiger partial charge is 0.507 e. The van der Waals surface area contributed by atoms with Gasteiger partial charge in [-0.3, -0.25) is 4.79 Å². The van der Waals surface area contributed by atoms with Gasteiger partial charge in [0.1, 0.15) is 23.2 Å². The number of phenolic OH excluding ortho intramolecular Hbond substituents is 1. The number of esters is 1. The van der Waals surface area contributed by atoms with E-state index in [1.807, 2.05) is 0 Å². The number of hydrogen-bond acceptors (Lipinski definition) is 6. The van der Waals surface area contributed by atoms with E-state index in [4.69, 9.17) is 9.47 Å². The summed E-state index contributed by atoms with van der Waals surface area (Å²) >= 11 is 0. The van der Waals surface area contributed by atoms with Crippen LogP contribution in [0.1, 0.15) is 52.0 Å². The average molecular weight is 455 g/mol. The minimum atomic E-state index is -0.614. The smallest absolute Gasteiger partial charge is 0.342 e. The van der Waals surface area contributed by atoms with E-state index in [9.17, 15) is 24.2 Å². The first-order valence-corrected chi connectivity index (χ1v) is 11.0. The summed E-state index contributed by atoms with van der Waals surface area (Å²) < 4.78 is 24.9. The van der Waals surface area contributed by atoms with Gasteiger partial charge in [0, 0.05) is 24.6 Å². The predicted molar refractivity (Wildman–Crippen MR) is 117 cm³/mol. The third-order valence-electron chi connectivity index (χ3n) is 5.87. The topological polar surface area (TPSA) is 105 Å². The van der Waals surface area contributed by atoms with Crippen molar-refractivity contribution < 1.29 is 33.7 Å². The summed E-state index contributed by atoms with van der Waals surface area (Å²) in [7, 11) is 0. The fraction of sp³-hybridized carbons (Fsp3) is 0.360. The normalized spacial score (nSPS) is 25.2. The van der Waals surface area contributed by atoms with Crippen LogP contribution in [0.2, 0.25) is 0 Å². The summed E-state index contributed by atoms with van der Waals surface area (Å²) in [5.41, 5.74) is 1.03. The van der Waals surface area contributed by atoms with Crippen LogP contribution in [-0.4, -0.2) is 46.5 Å². The molecular weight excluding hydrogens is 429 g/mol. The molecule has 0 aromatic heterocycles. The maximum atomic E-state index is 13.0. The Bertz CT molecular complexity index is 1040. The Morgan fingerprint density at radius 1 is 1.12 bits per heavy atom. The molecular formula is C25H26FNO6. The lowest BCUT2D eigenvalue weighted by Crippen LogP contribution is -2.40. The highest BCUT2D eigenvalue weighted by molar-refractivity contribution is 5.95. The van der Waals surface area contributed by atoms with E-state index in [0.717, 1.165) is 0 Å². The van der Waals surface area contributed by atoms with E-state index < -0.39 is 29.9 Å². The van der Waals surface area contributed by atoms with Crippen molar-refractivity contribution in [3.05, 3.63) is 77.2 Å². The Morgan fingerprint density at radius 3 is 2.67 bits per heavy atom. The van der Waals surface area contributed by atoms with Gasteiger partial charge in [-0.15, -0.1) is 0 Å². The Hall–Kier alpha value is -3.23. The lowest BCUT2D eigenvalue weighted by atomic mass is 9.91. The van der Waals surface area contributed by atoms with Crippen LogP contribution >= 0.6 is 0 Å². The van der Waals surface area contributed by atoms with Crippen molar-refractivity contribution in [3.8, 4) is 5.75 Å². The number of carbonyl (C=O) groups is 2. The van der Waals surface area contributed by atoms with Crippen molar-refractivity contribution in [2.45, 2.75) is 56.5 Å². The third kappa shape index (κ3) is 5.77. The number of fused-ring (bicyclic) bond motifs is 3. The number of phenols is 1. The van der Waals surface area contributed by atoms with Crippen molar-refractivity contribution >= 4 is 11.9 Å². The molecule has 0 saturated carbocycles. The molecule has 2 aliphatic heterocycles. The van der Waals surface area contributed by atoms with Gasteiger partial charge < -0.3 is 25.0 Å². The Labute approximate surface area is 190 Å². The summed E-state index contributed by atoms with van der Waals surface area (Å²) in [5, 5.41) is 23.2. The second kappa shape index (κ2) is 10.1. The van der Waals surface area contributed by atoms with Gasteiger partial charge in [0.25, 0.3) is 5.91 Å². The quantitative estimate of drug-likeness (QED) is 0.612. The molecule has 2 aromatic rings. The maximum absolute atomic E-state index is 13.0. The molecule has 4 rings (SSSR count). The van der Waals surface area contributed by atoms with Gasteiger partial charge >= 0.3 is 5.97 Å². The van der Waals surface area contributed by atoms with Crippen LogP contribution in [0.25, 0.3) is 0 Å². The predicted octanol–water partition coefficient (Wildman–Crippen LogP) is 3.25. The molecule has 7 nitrogen and oxygen atoms in total. The molecule has 1 saturated heterocycles. The molecule has 1 fully saturated rings. The molecule has 0 aliphatic carbocycles. The van der Waals surface area contributed by atoms with Crippen LogP contribution in [0.4, 0.5) is 4.39 Å². The van der Waals surface area contributed by atoms with E-state index in [2.05, 4.69) is 5.32 Å². The maximum Gasteiger partial charge on any atom is 0.342 e. The van der Waals surface area contributed by atoms with Crippen molar-refractivity contribution in [2.24, 2.45) is 0 Å². The highest BCUT2D eigenvalue weighted by Crippen LogP contribution is 2.32. The van der Waals surface area contributed by atoms with E-state index >= 15 is 0 Å². The number of cyclic esters (lactones) is 1. The zero-order valence-electron chi connectivity index (χ0n) is 17.9. The number of rotatable bonds is 4. The summed E-state index contributed by atoms with van der Waals surface area (Å²) in [4.78, 5) is 25.0. The number of aliphatic hydroxyl groups is 1. The highest BCUT2D eigenvalue weighted by atomic mass is 19.1. The number of hydrogen-bond donors (Lipinski definition) is 3. The molecule has 4 atom stereocenters. The van der Waals surface area contributed by atoms with Crippen LogP contribution in [0, 0.1) is 5.82 Å². The molecule has 2 bridgehead atoms. The number of amides is 1. The summed E-state index contributed by atoms with van der Waals surface area (Å²) in [5.74, 6) is -1.59. The lowest BCUT2D eigenvalue weighted by Gasteiger charge is -2.36. The molecule has 2 aliphatic rings. The van der Waals surface area contributed by atoms with E-state index in [0.29, 0.717) is 43.2 Å². The monoisotopic (exact) mass is 455 g/mol. The van der Waals surface area contributed by atoms with Crippen LogP contribution in [0.15, 0.2) is 54.7 Å². The first kappa shape index (κ1) is 22.9. The summed E-state index contributed by atoms with van der Waals surface area (Å²) in [6.45, 7) is 0. The van der Waals surface area contributed by atoms with Gasteiger partial charge in [-0.25, -0.2) is 9.18 Å². The summed E-state index contributed by atoms with van der Waals surface area (Å²) in [6, 6.07) is 10.0. The van der Waals surface area contributed by atoms with E-state index in [1.165, 1.54) is 36.5 Å². The average Bonchev–Trinajstić information content (AvgIpc) is 2.76. The third-order valence-corrected chi connectivity index (χ3v) is 5.87. The fourth-order valence-electron chi connectivity index (χ4n) is 4.34. The zero-order chi connectivity index (χ0) is 23.4. The van der Waals surface area contributed by atoms with Crippen LogP contribution in [0.5, 0.6) is 5.75 Å². The SMILES string of the molecule is O=C(N/C=C/C[C@H]1C[C@H]2C[C@H](O)C[C@H](Cc3cccc(O)c3C(=O)O1)O2)c1ccc(F)cc1. The van der Waals surface area contributed by atoms with Gasteiger partial charge in [0.15, 0.2) is 0 Å². The first-order chi connectivity index (χ1) is 15.9. The second-order valence-corrected chi connectivity index (χ2v) is 8.40. The van der Waals surface area contributed by atoms with Gasteiger partial charge in [-0.2, -0.15) is 0 Å². The number of nitrogens with one attached hydrogen (secondary N) is 1. The molecule has 1 amide bonds.